The zero-order valence-corrected chi connectivity index (χ0v) is 17.4. The molecule has 1 heterocycles. The van der Waals surface area contributed by atoms with E-state index in [-0.39, 0.29) is 11.7 Å². The van der Waals surface area contributed by atoms with Gasteiger partial charge in [-0.1, -0.05) is 49.4 Å². The summed E-state index contributed by atoms with van der Waals surface area (Å²) in [6, 6.07) is 23.8. The molecule has 3 aromatic carbocycles. The van der Waals surface area contributed by atoms with Crippen LogP contribution >= 0.6 is 0 Å². The predicted octanol–water partition coefficient (Wildman–Crippen LogP) is 5.01. The van der Waals surface area contributed by atoms with Gasteiger partial charge in [0.2, 0.25) is 0 Å². The summed E-state index contributed by atoms with van der Waals surface area (Å²) < 4.78 is 0. The van der Waals surface area contributed by atoms with E-state index in [1.54, 1.807) is 12.1 Å². The van der Waals surface area contributed by atoms with Crippen LogP contribution in [0.15, 0.2) is 72.8 Å². The van der Waals surface area contributed by atoms with E-state index in [0.717, 1.165) is 37.2 Å². The van der Waals surface area contributed by atoms with Crippen LogP contribution in [0.2, 0.25) is 0 Å². The summed E-state index contributed by atoms with van der Waals surface area (Å²) in [6.07, 6.45) is 1.86. The minimum Gasteiger partial charge on any atom is -0.508 e. The van der Waals surface area contributed by atoms with Crippen molar-refractivity contribution < 1.29 is 9.90 Å². The first-order chi connectivity index (χ1) is 14.6. The van der Waals surface area contributed by atoms with E-state index in [9.17, 15) is 9.90 Å². The monoisotopic (exact) mass is 400 g/mol. The molecule has 3 aromatic rings. The van der Waals surface area contributed by atoms with Gasteiger partial charge in [-0.15, -0.1) is 0 Å². The van der Waals surface area contributed by atoms with Crippen molar-refractivity contribution in [2.24, 2.45) is 0 Å². The van der Waals surface area contributed by atoms with Gasteiger partial charge in [0.25, 0.3) is 5.91 Å². The Labute approximate surface area is 178 Å². The molecule has 0 saturated heterocycles. The molecule has 154 valence electrons. The van der Waals surface area contributed by atoms with Gasteiger partial charge in [-0.3, -0.25) is 4.79 Å². The van der Waals surface area contributed by atoms with Crippen molar-refractivity contribution >= 4 is 11.6 Å². The van der Waals surface area contributed by atoms with E-state index in [2.05, 4.69) is 42.2 Å². The van der Waals surface area contributed by atoms with Gasteiger partial charge in [0.05, 0.1) is 0 Å². The fourth-order valence-electron chi connectivity index (χ4n) is 4.11. The minimum absolute atomic E-state index is 0.0435. The molecule has 1 N–H and O–H groups in total. The number of aromatic hydroxyl groups is 1. The molecule has 1 aliphatic heterocycles. The highest BCUT2D eigenvalue weighted by Crippen LogP contribution is 2.26. The molecule has 0 fully saturated rings. The van der Waals surface area contributed by atoms with Crippen LogP contribution in [0.5, 0.6) is 5.75 Å². The molecule has 4 heteroatoms. The van der Waals surface area contributed by atoms with Gasteiger partial charge in [0.1, 0.15) is 5.75 Å². The third kappa shape index (κ3) is 4.48. The van der Waals surface area contributed by atoms with Gasteiger partial charge in [-0.2, -0.15) is 0 Å². The summed E-state index contributed by atoms with van der Waals surface area (Å²) in [5, 5.41) is 9.79. The van der Waals surface area contributed by atoms with E-state index in [1.165, 1.54) is 11.1 Å². The lowest BCUT2D eigenvalue weighted by Gasteiger charge is -2.30. The van der Waals surface area contributed by atoms with Gasteiger partial charge in [-0.25, -0.2) is 0 Å². The lowest BCUT2D eigenvalue weighted by atomic mass is 9.98. The molecule has 0 radical (unpaired) electrons. The Morgan fingerprint density at radius 3 is 2.63 bits per heavy atom. The van der Waals surface area contributed by atoms with E-state index >= 15 is 0 Å². The second-order valence-corrected chi connectivity index (χ2v) is 7.89. The Morgan fingerprint density at radius 2 is 1.83 bits per heavy atom. The molecule has 1 aliphatic rings. The van der Waals surface area contributed by atoms with E-state index < -0.39 is 0 Å². The quantitative estimate of drug-likeness (QED) is 0.633. The Hall–Kier alpha value is -3.27. The molecule has 0 aromatic heterocycles. The van der Waals surface area contributed by atoms with E-state index in [0.29, 0.717) is 18.7 Å². The molecule has 0 bridgehead atoms. The van der Waals surface area contributed by atoms with Crippen molar-refractivity contribution in [3.05, 3.63) is 95.1 Å². The van der Waals surface area contributed by atoms with Crippen molar-refractivity contribution in [2.45, 2.75) is 32.9 Å². The number of rotatable bonds is 6. The topological polar surface area (TPSA) is 43.8 Å². The second kappa shape index (κ2) is 9.04. The molecule has 4 nitrogen and oxygen atoms in total. The Balaban J connectivity index is 1.54. The lowest BCUT2D eigenvalue weighted by Crippen LogP contribution is -2.36. The summed E-state index contributed by atoms with van der Waals surface area (Å²) in [5.41, 5.74) is 5.28. The first-order valence-electron chi connectivity index (χ1n) is 10.6. The summed E-state index contributed by atoms with van der Waals surface area (Å²) in [7, 11) is 0. The molecule has 0 atom stereocenters. The highest BCUT2D eigenvalue weighted by Gasteiger charge is 2.22. The van der Waals surface area contributed by atoms with Gasteiger partial charge in [0.15, 0.2) is 0 Å². The highest BCUT2D eigenvalue weighted by atomic mass is 16.3. The molecular formula is C26H28N2O2. The highest BCUT2D eigenvalue weighted by molar-refractivity contribution is 5.95. The smallest absolute Gasteiger partial charge is 0.254 e. The van der Waals surface area contributed by atoms with Crippen molar-refractivity contribution in [1.29, 1.82) is 0 Å². The molecule has 0 unspecified atom stereocenters. The van der Waals surface area contributed by atoms with Crippen LogP contribution < -0.4 is 4.90 Å². The number of anilines is 1. The Morgan fingerprint density at radius 1 is 1.00 bits per heavy atom. The maximum absolute atomic E-state index is 13.2. The van der Waals surface area contributed by atoms with Crippen molar-refractivity contribution in [2.75, 3.05) is 18.0 Å². The van der Waals surface area contributed by atoms with E-state index in [1.807, 2.05) is 35.2 Å². The molecule has 0 aliphatic carbocycles. The number of amides is 1. The zero-order chi connectivity index (χ0) is 20.9. The molecule has 4 rings (SSSR count). The number of carbonyl (C=O) groups excluding carboxylic acids is 1. The minimum atomic E-state index is 0.0435. The van der Waals surface area contributed by atoms with Crippen LogP contribution in [0.25, 0.3) is 0 Å². The van der Waals surface area contributed by atoms with E-state index in [4.69, 9.17) is 0 Å². The largest absolute Gasteiger partial charge is 0.508 e. The Bertz CT molecular complexity index is 1020. The number of phenolic OH excluding ortho intramolecular Hbond substituents is 1. The van der Waals surface area contributed by atoms with Gasteiger partial charge < -0.3 is 14.9 Å². The number of hydrogen-bond donors (Lipinski definition) is 1. The van der Waals surface area contributed by atoms with Crippen LogP contribution in [0.1, 0.15) is 40.4 Å². The molecule has 30 heavy (non-hydrogen) atoms. The van der Waals surface area contributed by atoms with Crippen LogP contribution in [0.3, 0.4) is 0 Å². The number of nitrogens with zero attached hydrogens (tertiary/aromatic N) is 2. The molecule has 0 spiro atoms. The molecule has 1 amide bonds. The zero-order valence-electron chi connectivity index (χ0n) is 17.4. The van der Waals surface area contributed by atoms with Crippen LogP contribution in [-0.4, -0.2) is 29.0 Å². The fourth-order valence-corrected chi connectivity index (χ4v) is 4.11. The van der Waals surface area contributed by atoms with Crippen LogP contribution in [0, 0.1) is 0 Å². The average Bonchev–Trinajstić information content (AvgIpc) is 2.78. The number of carbonyl (C=O) groups is 1. The van der Waals surface area contributed by atoms with Crippen molar-refractivity contribution in [1.82, 2.24) is 4.90 Å². The van der Waals surface area contributed by atoms with Crippen molar-refractivity contribution in [3.8, 4) is 5.75 Å². The number of phenols is 1. The maximum Gasteiger partial charge on any atom is 0.254 e. The SMILES string of the molecule is CCCN(Cc1ccccc1)c1cccc(C(=O)N2CCc3ccc(O)cc3C2)c1. The van der Waals surface area contributed by atoms with Gasteiger partial charge >= 0.3 is 0 Å². The van der Waals surface area contributed by atoms with Crippen LogP contribution in [0.4, 0.5) is 5.69 Å². The van der Waals surface area contributed by atoms with Crippen molar-refractivity contribution in [3.63, 3.8) is 0 Å². The Kier molecular flexibility index (Phi) is 6.03. The standard InChI is InChI=1S/C26H28N2O2/c1-2-14-27(18-20-7-4-3-5-8-20)24-10-6-9-22(16-24)26(30)28-15-13-21-11-12-25(29)17-23(21)19-28/h3-12,16-17,29H,2,13-15,18-19H2,1H3. The second-order valence-electron chi connectivity index (χ2n) is 7.89. The average molecular weight is 401 g/mol. The maximum atomic E-state index is 13.2. The normalized spacial score (nSPS) is 13.0. The molecular weight excluding hydrogens is 372 g/mol. The summed E-state index contributed by atoms with van der Waals surface area (Å²) in [4.78, 5) is 17.4. The van der Waals surface area contributed by atoms with Gasteiger partial charge in [0, 0.05) is 37.4 Å². The third-order valence-electron chi connectivity index (χ3n) is 5.66. The van der Waals surface area contributed by atoms with Crippen LogP contribution in [-0.2, 0) is 19.5 Å². The number of hydrogen-bond acceptors (Lipinski definition) is 3. The number of benzene rings is 3. The predicted molar refractivity (Wildman–Crippen MR) is 121 cm³/mol. The lowest BCUT2D eigenvalue weighted by molar-refractivity contribution is 0.0734. The fraction of sp³-hybridized carbons (Fsp3) is 0.269. The van der Waals surface area contributed by atoms with Gasteiger partial charge in [-0.05, 0) is 59.9 Å². The first kappa shape index (κ1) is 20.0. The summed E-state index contributed by atoms with van der Waals surface area (Å²) in [5.74, 6) is 0.295. The summed E-state index contributed by atoms with van der Waals surface area (Å²) >= 11 is 0. The first-order valence-corrected chi connectivity index (χ1v) is 10.6. The third-order valence-corrected chi connectivity index (χ3v) is 5.66. The summed E-state index contributed by atoms with van der Waals surface area (Å²) in [6.45, 7) is 5.16. The number of fused-ring (bicyclic) bond motifs is 1. The molecule has 0 saturated carbocycles.